The molecular weight excluding hydrogens is 460 g/mol. The highest BCUT2D eigenvalue weighted by Gasteiger charge is 2.33. The van der Waals surface area contributed by atoms with Gasteiger partial charge >= 0.3 is 0 Å². The Balaban J connectivity index is 1.42. The van der Waals surface area contributed by atoms with Crippen LogP contribution in [0.2, 0.25) is 0 Å². The summed E-state index contributed by atoms with van der Waals surface area (Å²) in [5, 5.41) is 4.84. The van der Waals surface area contributed by atoms with Crippen molar-refractivity contribution in [3.63, 3.8) is 0 Å². The third-order valence-electron chi connectivity index (χ3n) is 5.23. The van der Waals surface area contributed by atoms with Gasteiger partial charge in [0.1, 0.15) is 20.9 Å². The predicted octanol–water partition coefficient (Wildman–Crippen LogP) is 1.19. The number of benzene rings is 1. The van der Waals surface area contributed by atoms with E-state index in [-0.39, 0.29) is 29.5 Å². The van der Waals surface area contributed by atoms with Crippen molar-refractivity contribution in [2.75, 3.05) is 31.5 Å². The molecule has 1 aliphatic heterocycles. The van der Waals surface area contributed by atoms with E-state index in [1.54, 1.807) is 36.6 Å². The predicted molar refractivity (Wildman–Crippen MR) is 119 cm³/mol. The number of fused-ring (bicyclic) bond motifs is 1. The Bertz CT molecular complexity index is 1230. The molecule has 1 aliphatic rings. The number of hydrogen-bond acceptors (Lipinski definition) is 9. The van der Waals surface area contributed by atoms with E-state index in [0.29, 0.717) is 29.1 Å². The van der Waals surface area contributed by atoms with E-state index in [1.807, 2.05) is 4.90 Å². The molecule has 13 heteroatoms. The molecule has 3 heterocycles. The van der Waals surface area contributed by atoms with Gasteiger partial charge in [-0.3, -0.25) is 14.5 Å². The van der Waals surface area contributed by atoms with Gasteiger partial charge in [0.05, 0.1) is 23.3 Å². The zero-order valence-electron chi connectivity index (χ0n) is 16.5. The number of piperazine rings is 1. The maximum absolute atomic E-state index is 13.1. The number of aromatic nitrogens is 2. The summed E-state index contributed by atoms with van der Waals surface area (Å²) >= 11 is 2.20. The molecule has 1 aromatic carbocycles. The van der Waals surface area contributed by atoms with Crippen molar-refractivity contribution in [2.24, 2.45) is 5.73 Å². The van der Waals surface area contributed by atoms with E-state index >= 15 is 0 Å². The Morgan fingerprint density at radius 2 is 1.90 bits per heavy atom. The van der Waals surface area contributed by atoms with Crippen molar-refractivity contribution in [1.29, 1.82) is 0 Å². The van der Waals surface area contributed by atoms with Gasteiger partial charge in [0.25, 0.3) is 5.91 Å². The monoisotopic (exact) mass is 480 g/mol. The highest BCUT2D eigenvalue weighted by atomic mass is 32.2. The van der Waals surface area contributed by atoms with Crippen LogP contribution in [0, 0.1) is 0 Å². The van der Waals surface area contributed by atoms with E-state index in [1.165, 1.54) is 15.6 Å². The number of nitrogens with two attached hydrogens (primary N) is 1. The molecular formula is C18H20N6O4S3. The zero-order chi connectivity index (χ0) is 22.2. The van der Waals surface area contributed by atoms with Crippen LogP contribution in [0.15, 0.2) is 34.5 Å². The lowest BCUT2D eigenvalue weighted by Crippen LogP contribution is -2.53. The van der Waals surface area contributed by atoms with Crippen LogP contribution < -0.4 is 11.1 Å². The zero-order valence-corrected chi connectivity index (χ0v) is 19.0. The third-order valence-corrected chi connectivity index (χ3v) is 8.54. The van der Waals surface area contributed by atoms with Crippen molar-refractivity contribution >= 4 is 60.9 Å². The van der Waals surface area contributed by atoms with Gasteiger partial charge < -0.3 is 11.1 Å². The molecule has 4 rings (SSSR count). The van der Waals surface area contributed by atoms with Gasteiger partial charge in [-0.25, -0.2) is 8.42 Å². The van der Waals surface area contributed by atoms with Gasteiger partial charge in [-0.15, -0.1) is 11.3 Å². The number of anilines is 1. The van der Waals surface area contributed by atoms with E-state index < -0.39 is 22.0 Å². The lowest BCUT2D eigenvalue weighted by atomic mass is 10.2. The number of amides is 2. The minimum atomic E-state index is -3.72. The summed E-state index contributed by atoms with van der Waals surface area (Å²) in [6, 6.07) is 5.99. The summed E-state index contributed by atoms with van der Waals surface area (Å²) in [7, 11) is -3.72. The molecule has 0 spiro atoms. The van der Waals surface area contributed by atoms with Crippen LogP contribution in [0.5, 0.6) is 0 Å². The van der Waals surface area contributed by atoms with Crippen molar-refractivity contribution in [3.8, 4) is 0 Å². The first-order chi connectivity index (χ1) is 14.8. The molecule has 1 fully saturated rings. The Morgan fingerprint density at radius 3 is 2.61 bits per heavy atom. The number of rotatable bonds is 6. The summed E-state index contributed by atoms with van der Waals surface area (Å²) in [6.07, 6.45) is 0. The minimum absolute atomic E-state index is 0.148. The number of nitrogens with zero attached hydrogens (tertiary/aromatic N) is 4. The van der Waals surface area contributed by atoms with E-state index in [4.69, 9.17) is 5.73 Å². The lowest BCUT2D eigenvalue weighted by Gasteiger charge is -2.36. The maximum Gasteiger partial charge on any atom is 0.251 e. The van der Waals surface area contributed by atoms with Crippen LogP contribution in [-0.4, -0.2) is 70.4 Å². The largest absolute Gasteiger partial charge is 0.366 e. The van der Waals surface area contributed by atoms with Gasteiger partial charge in [0.2, 0.25) is 15.9 Å². The molecule has 31 heavy (non-hydrogen) atoms. The van der Waals surface area contributed by atoms with E-state index in [2.05, 4.69) is 14.1 Å². The van der Waals surface area contributed by atoms with Crippen LogP contribution in [0.1, 0.15) is 17.3 Å². The van der Waals surface area contributed by atoms with Crippen LogP contribution >= 0.6 is 23.1 Å². The van der Waals surface area contributed by atoms with E-state index in [0.717, 1.165) is 11.7 Å². The summed E-state index contributed by atoms with van der Waals surface area (Å²) < 4.78 is 35.9. The first kappa shape index (κ1) is 21.8. The fraction of sp³-hybridized carbons (Fsp3) is 0.333. The number of carbonyl (C=O) groups excluding carboxylic acids is 2. The fourth-order valence-electron chi connectivity index (χ4n) is 3.44. The summed E-state index contributed by atoms with van der Waals surface area (Å²) in [5.41, 5.74) is 6.52. The Labute approximate surface area is 187 Å². The smallest absolute Gasteiger partial charge is 0.251 e. The summed E-state index contributed by atoms with van der Waals surface area (Å²) in [5.74, 6) is -0.882. The topological polar surface area (TPSA) is 139 Å². The normalized spacial score (nSPS) is 16.9. The minimum Gasteiger partial charge on any atom is -0.366 e. The summed E-state index contributed by atoms with van der Waals surface area (Å²) in [4.78, 5) is 26.2. The fourth-order valence-corrected chi connectivity index (χ4v) is 6.41. The van der Waals surface area contributed by atoms with Gasteiger partial charge in [-0.05, 0) is 30.5 Å². The van der Waals surface area contributed by atoms with Gasteiger partial charge in [-0.2, -0.15) is 13.1 Å². The molecule has 1 saturated heterocycles. The highest BCUT2D eigenvalue weighted by molar-refractivity contribution is 7.89. The van der Waals surface area contributed by atoms with Gasteiger partial charge in [0.15, 0.2) is 0 Å². The Morgan fingerprint density at radius 1 is 1.16 bits per heavy atom. The molecule has 0 radical (unpaired) electrons. The SMILES string of the molecule is C[C@@H](C(=O)Nc1sccc1C(N)=O)N1CCN(S(=O)(=O)c2cccc3nsnc23)CC1. The van der Waals surface area contributed by atoms with Crippen molar-refractivity contribution < 1.29 is 18.0 Å². The molecule has 10 nitrogen and oxygen atoms in total. The molecule has 164 valence electrons. The van der Waals surface area contributed by atoms with Crippen LogP contribution in [0.25, 0.3) is 11.0 Å². The average molecular weight is 481 g/mol. The van der Waals surface area contributed by atoms with Gasteiger partial charge in [0, 0.05) is 26.2 Å². The number of hydrogen-bond donors (Lipinski definition) is 2. The number of nitrogens with one attached hydrogen (secondary N) is 1. The molecule has 0 saturated carbocycles. The van der Waals surface area contributed by atoms with Gasteiger partial charge in [-0.1, -0.05) is 6.07 Å². The first-order valence-corrected chi connectivity index (χ1v) is 12.5. The molecule has 3 N–H and O–H groups in total. The van der Waals surface area contributed by atoms with Crippen molar-refractivity contribution in [3.05, 3.63) is 35.2 Å². The number of thiophene rings is 1. The molecule has 2 aromatic heterocycles. The second-order valence-corrected chi connectivity index (χ2v) is 10.4. The second kappa shape index (κ2) is 8.59. The molecule has 0 unspecified atom stereocenters. The quantitative estimate of drug-likeness (QED) is 0.540. The lowest BCUT2D eigenvalue weighted by molar-refractivity contribution is -0.121. The molecule has 3 aromatic rings. The van der Waals surface area contributed by atoms with Crippen LogP contribution in [0.3, 0.4) is 0 Å². The Kier molecular flexibility index (Phi) is 6.03. The Hall–Kier alpha value is -2.45. The van der Waals surface area contributed by atoms with Crippen LogP contribution in [0.4, 0.5) is 5.00 Å². The number of primary amides is 1. The molecule has 1 atom stereocenters. The standard InChI is InChI=1S/C18H20N6O4S3/c1-11(17(26)20-18-12(16(19)25)5-10-29-18)23-6-8-24(9-7-23)31(27,28)14-4-2-3-13-15(14)22-30-21-13/h2-5,10-11H,6-9H2,1H3,(H2,19,25)(H,20,26)/t11-/m0/s1. The van der Waals surface area contributed by atoms with Crippen LogP contribution in [-0.2, 0) is 14.8 Å². The highest BCUT2D eigenvalue weighted by Crippen LogP contribution is 2.26. The maximum atomic E-state index is 13.1. The first-order valence-electron chi connectivity index (χ1n) is 9.42. The molecule has 0 bridgehead atoms. The molecule has 2 amide bonds. The average Bonchev–Trinajstić information content (AvgIpc) is 3.42. The van der Waals surface area contributed by atoms with Crippen molar-refractivity contribution in [1.82, 2.24) is 18.0 Å². The van der Waals surface area contributed by atoms with Crippen molar-refractivity contribution in [2.45, 2.75) is 17.9 Å². The number of carbonyl (C=O) groups is 2. The molecule has 0 aliphatic carbocycles. The second-order valence-electron chi connectivity index (χ2n) is 7.02. The summed E-state index contributed by atoms with van der Waals surface area (Å²) in [6.45, 7) is 3.04. The van der Waals surface area contributed by atoms with E-state index in [9.17, 15) is 18.0 Å². The third kappa shape index (κ3) is 4.19. The number of sulfonamides is 1.